The fraction of sp³-hybridized carbons (Fsp3) is 0.0769. The van der Waals surface area contributed by atoms with Gasteiger partial charge in [-0.3, -0.25) is 9.20 Å². The SMILES string of the molecule is O=c1cc(CCl)nc2sc(-c3ccccc3)cn12. The first-order valence-corrected chi connectivity index (χ1v) is 6.76. The zero-order valence-corrected chi connectivity index (χ0v) is 10.9. The Morgan fingerprint density at radius 2 is 2.06 bits per heavy atom. The number of halogens is 1. The van der Waals surface area contributed by atoms with Crippen LogP contribution in [0.4, 0.5) is 0 Å². The Kier molecular flexibility index (Phi) is 2.89. The number of benzene rings is 1. The average Bonchev–Trinajstić information content (AvgIpc) is 2.84. The van der Waals surface area contributed by atoms with E-state index >= 15 is 0 Å². The van der Waals surface area contributed by atoms with E-state index in [9.17, 15) is 4.79 Å². The summed E-state index contributed by atoms with van der Waals surface area (Å²) in [5.74, 6) is 0.254. The van der Waals surface area contributed by atoms with Crippen molar-refractivity contribution in [2.45, 2.75) is 5.88 Å². The number of rotatable bonds is 2. The molecule has 0 radical (unpaired) electrons. The Morgan fingerprint density at radius 3 is 2.78 bits per heavy atom. The van der Waals surface area contributed by atoms with Gasteiger partial charge in [0.2, 0.25) is 0 Å². The molecule has 3 nitrogen and oxygen atoms in total. The normalized spacial score (nSPS) is 10.9. The van der Waals surface area contributed by atoms with Crippen LogP contribution >= 0.6 is 22.9 Å². The molecule has 2 aromatic heterocycles. The molecule has 2 heterocycles. The standard InChI is InChI=1S/C13H9ClN2OS/c14-7-10-6-12(17)16-8-11(18-13(16)15-10)9-4-2-1-3-5-9/h1-6,8H,7H2. The second-order valence-corrected chi connectivity index (χ2v) is 5.11. The molecular formula is C13H9ClN2OS. The number of hydrogen-bond acceptors (Lipinski definition) is 3. The molecule has 0 amide bonds. The van der Waals surface area contributed by atoms with E-state index < -0.39 is 0 Å². The molecule has 90 valence electrons. The highest BCUT2D eigenvalue weighted by atomic mass is 35.5. The molecule has 3 aromatic rings. The zero-order chi connectivity index (χ0) is 12.5. The number of nitrogens with zero attached hydrogens (tertiary/aromatic N) is 2. The van der Waals surface area contributed by atoms with Crippen LogP contribution in [0.1, 0.15) is 5.69 Å². The van der Waals surface area contributed by atoms with Crippen molar-refractivity contribution in [3.8, 4) is 10.4 Å². The lowest BCUT2D eigenvalue weighted by Gasteiger charge is -1.93. The van der Waals surface area contributed by atoms with E-state index in [1.54, 1.807) is 4.40 Å². The van der Waals surface area contributed by atoms with Crippen LogP contribution in [0.2, 0.25) is 0 Å². The molecule has 0 saturated carbocycles. The van der Waals surface area contributed by atoms with Gasteiger partial charge >= 0.3 is 0 Å². The van der Waals surface area contributed by atoms with Crippen molar-refractivity contribution in [2.75, 3.05) is 0 Å². The third-order valence-electron chi connectivity index (χ3n) is 2.62. The molecule has 18 heavy (non-hydrogen) atoms. The second kappa shape index (κ2) is 4.55. The van der Waals surface area contributed by atoms with Crippen molar-refractivity contribution in [2.24, 2.45) is 0 Å². The van der Waals surface area contributed by atoms with Crippen LogP contribution in [0, 0.1) is 0 Å². The van der Waals surface area contributed by atoms with Gasteiger partial charge in [0.1, 0.15) is 0 Å². The summed E-state index contributed by atoms with van der Waals surface area (Å²) in [5, 5.41) is 0. The molecular weight excluding hydrogens is 268 g/mol. The van der Waals surface area contributed by atoms with Gasteiger partial charge in [0, 0.05) is 12.3 Å². The van der Waals surface area contributed by atoms with Crippen molar-refractivity contribution in [3.05, 3.63) is 58.6 Å². The molecule has 3 rings (SSSR count). The van der Waals surface area contributed by atoms with Gasteiger partial charge in [-0.2, -0.15) is 0 Å². The van der Waals surface area contributed by atoms with Gasteiger partial charge in [-0.05, 0) is 5.56 Å². The third-order valence-corrected chi connectivity index (χ3v) is 3.92. The van der Waals surface area contributed by atoms with E-state index in [4.69, 9.17) is 11.6 Å². The van der Waals surface area contributed by atoms with Crippen LogP contribution in [0.15, 0.2) is 47.4 Å². The Hall–Kier alpha value is -1.65. The van der Waals surface area contributed by atoms with Crippen LogP contribution in [-0.2, 0) is 5.88 Å². The smallest absolute Gasteiger partial charge is 0.258 e. The fourth-order valence-electron chi connectivity index (χ4n) is 1.75. The molecule has 0 aliphatic heterocycles. The highest BCUT2D eigenvalue weighted by molar-refractivity contribution is 7.20. The van der Waals surface area contributed by atoms with Crippen LogP contribution in [-0.4, -0.2) is 9.38 Å². The molecule has 0 N–H and O–H groups in total. The van der Waals surface area contributed by atoms with Gasteiger partial charge in [-0.15, -0.1) is 11.6 Å². The summed E-state index contributed by atoms with van der Waals surface area (Å²) in [6.45, 7) is 0. The predicted molar refractivity (Wildman–Crippen MR) is 74.3 cm³/mol. The van der Waals surface area contributed by atoms with Crippen molar-refractivity contribution in [3.63, 3.8) is 0 Å². The highest BCUT2D eigenvalue weighted by Crippen LogP contribution is 2.26. The van der Waals surface area contributed by atoms with Crippen molar-refractivity contribution in [1.82, 2.24) is 9.38 Å². The van der Waals surface area contributed by atoms with Crippen LogP contribution in [0.3, 0.4) is 0 Å². The fourth-order valence-corrected chi connectivity index (χ4v) is 2.90. The van der Waals surface area contributed by atoms with E-state index in [1.165, 1.54) is 17.4 Å². The molecule has 1 aromatic carbocycles. The maximum absolute atomic E-state index is 11.9. The number of fused-ring (bicyclic) bond motifs is 1. The van der Waals surface area contributed by atoms with Crippen LogP contribution in [0.25, 0.3) is 15.4 Å². The summed E-state index contributed by atoms with van der Waals surface area (Å²) in [5.41, 5.74) is 1.61. The summed E-state index contributed by atoms with van der Waals surface area (Å²) in [7, 11) is 0. The van der Waals surface area contributed by atoms with Gasteiger partial charge in [-0.25, -0.2) is 4.98 Å². The molecule has 0 aliphatic rings. The first kappa shape index (κ1) is 11.4. The topological polar surface area (TPSA) is 34.4 Å². The molecule has 0 bridgehead atoms. The third kappa shape index (κ3) is 1.94. The van der Waals surface area contributed by atoms with Gasteiger partial charge in [0.15, 0.2) is 4.96 Å². The lowest BCUT2D eigenvalue weighted by molar-refractivity contribution is 1.04. The number of hydrogen-bond donors (Lipinski definition) is 0. The Labute approximate surface area is 112 Å². The van der Waals surface area contributed by atoms with E-state index in [1.807, 2.05) is 36.5 Å². The highest BCUT2D eigenvalue weighted by Gasteiger charge is 2.07. The number of aromatic nitrogens is 2. The molecule has 0 unspecified atom stereocenters. The lowest BCUT2D eigenvalue weighted by Crippen LogP contribution is -2.12. The van der Waals surface area contributed by atoms with Crippen molar-refractivity contribution >= 4 is 27.9 Å². The Balaban J connectivity index is 2.23. The summed E-state index contributed by atoms with van der Waals surface area (Å²) < 4.78 is 1.56. The minimum atomic E-state index is -0.0888. The zero-order valence-electron chi connectivity index (χ0n) is 9.34. The van der Waals surface area contributed by atoms with Crippen LogP contribution < -0.4 is 5.56 Å². The van der Waals surface area contributed by atoms with Crippen molar-refractivity contribution in [1.29, 1.82) is 0 Å². The van der Waals surface area contributed by atoms with Crippen LogP contribution in [0.5, 0.6) is 0 Å². The van der Waals surface area contributed by atoms with Gasteiger partial charge in [0.05, 0.1) is 16.5 Å². The van der Waals surface area contributed by atoms with Crippen molar-refractivity contribution < 1.29 is 0 Å². The predicted octanol–water partition coefficient (Wildman–Crippen LogP) is 3.16. The number of thiazole rings is 1. The van der Waals surface area contributed by atoms with E-state index in [0.717, 1.165) is 10.4 Å². The minimum Gasteiger partial charge on any atom is -0.269 e. The second-order valence-electron chi connectivity index (χ2n) is 3.83. The maximum atomic E-state index is 11.9. The largest absolute Gasteiger partial charge is 0.269 e. The quantitative estimate of drug-likeness (QED) is 0.674. The Bertz CT molecular complexity index is 749. The van der Waals surface area contributed by atoms with Gasteiger partial charge in [-0.1, -0.05) is 41.7 Å². The van der Waals surface area contributed by atoms with E-state index in [0.29, 0.717) is 10.7 Å². The summed E-state index contributed by atoms with van der Waals surface area (Å²) in [6, 6.07) is 11.4. The average molecular weight is 277 g/mol. The first-order chi connectivity index (χ1) is 8.78. The van der Waals surface area contributed by atoms with E-state index in [2.05, 4.69) is 4.98 Å². The van der Waals surface area contributed by atoms with Gasteiger partial charge < -0.3 is 0 Å². The first-order valence-electron chi connectivity index (χ1n) is 5.41. The molecule has 0 fully saturated rings. The summed E-state index contributed by atoms with van der Waals surface area (Å²) in [4.78, 5) is 17.9. The lowest BCUT2D eigenvalue weighted by atomic mass is 10.2. The molecule has 0 spiro atoms. The minimum absolute atomic E-state index is 0.0888. The summed E-state index contributed by atoms with van der Waals surface area (Å²) >= 11 is 7.20. The molecule has 5 heteroatoms. The van der Waals surface area contributed by atoms with E-state index in [-0.39, 0.29) is 11.4 Å². The molecule has 0 saturated heterocycles. The summed E-state index contributed by atoms with van der Waals surface area (Å²) in [6.07, 6.45) is 1.82. The van der Waals surface area contributed by atoms with Gasteiger partial charge in [0.25, 0.3) is 5.56 Å². The molecule has 0 aliphatic carbocycles. The Morgan fingerprint density at radius 1 is 1.28 bits per heavy atom. The number of alkyl halides is 1. The molecule has 0 atom stereocenters. The monoisotopic (exact) mass is 276 g/mol. The maximum Gasteiger partial charge on any atom is 0.258 e.